The summed E-state index contributed by atoms with van der Waals surface area (Å²) in [6.45, 7) is 5.63. The van der Waals surface area contributed by atoms with Crippen LogP contribution in [0.2, 0.25) is 0 Å². The van der Waals surface area contributed by atoms with Gasteiger partial charge in [-0.2, -0.15) is 0 Å². The Balaban J connectivity index is 1.68. The minimum atomic E-state index is -0.139. The molecule has 1 aliphatic rings. The molecule has 0 spiro atoms. The SMILES string of the molecule is CCN(CC1COc2ccccc2O1)C(=O)c1ccc(C)s1. The number of hydrogen-bond donors (Lipinski definition) is 0. The molecule has 1 aromatic heterocycles. The smallest absolute Gasteiger partial charge is 0.264 e. The van der Waals surface area contributed by atoms with Crippen LogP contribution in [-0.4, -0.2) is 36.6 Å². The highest BCUT2D eigenvalue weighted by atomic mass is 32.1. The average molecular weight is 317 g/mol. The number of ether oxygens (including phenoxy) is 2. The van der Waals surface area contributed by atoms with Crippen molar-refractivity contribution in [2.75, 3.05) is 19.7 Å². The molecule has 1 atom stereocenters. The van der Waals surface area contributed by atoms with Crippen molar-refractivity contribution in [1.82, 2.24) is 4.90 Å². The van der Waals surface area contributed by atoms with Crippen LogP contribution >= 0.6 is 11.3 Å². The Hall–Kier alpha value is -2.01. The Kier molecular flexibility index (Phi) is 4.34. The summed E-state index contributed by atoms with van der Waals surface area (Å²) in [5, 5.41) is 0. The first-order valence-electron chi connectivity index (χ1n) is 7.41. The molecule has 2 heterocycles. The number of carbonyl (C=O) groups is 1. The van der Waals surface area contributed by atoms with Crippen LogP contribution in [0.15, 0.2) is 36.4 Å². The number of likely N-dealkylation sites (N-methyl/N-ethyl adjacent to an activating group) is 1. The van der Waals surface area contributed by atoms with Crippen molar-refractivity contribution in [3.05, 3.63) is 46.2 Å². The van der Waals surface area contributed by atoms with Crippen molar-refractivity contribution >= 4 is 17.2 Å². The summed E-state index contributed by atoms with van der Waals surface area (Å²) < 4.78 is 11.7. The highest BCUT2D eigenvalue weighted by Crippen LogP contribution is 2.31. The van der Waals surface area contributed by atoms with E-state index in [9.17, 15) is 4.79 Å². The maximum absolute atomic E-state index is 12.5. The van der Waals surface area contributed by atoms with Gasteiger partial charge in [-0.3, -0.25) is 4.79 Å². The van der Waals surface area contributed by atoms with Crippen LogP contribution in [0.5, 0.6) is 11.5 Å². The number of para-hydroxylation sites is 2. The van der Waals surface area contributed by atoms with Gasteiger partial charge < -0.3 is 14.4 Å². The Labute approximate surface area is 134 Å². The zero-order valence-electron chi connectivity index (χ0n) is 12.7. The van der Waals surface area contributed by atoms with Crippen LogP contribution in [0.1, 0.15) is 21.5 Å². The number of rotatable bonds is 4. The first-order chi connectivity index (χ1) is 10.7. The second-order valence-corrected chi connectivity index (χ2v) is 6.54. The molecular weight excluding hydrogens is 298 g/mol. The summed E-state index contributed by atoms with van der Waals surface area (Å²) in [6, 6.07) is 11.5. The zero-order chi connectivity index (χ0) is 15.5. The summed E-state index contributed by atoms with van der Waals surface area (Å²) in [7, 11) is 0. The lowest BCUT2D eigenvalue weighted by Crippen LogP contribution is -2.43. The van der Waals surface area contributed by atoms with Gasteiger partial charge in [-0.15, -0.1) is 11.3 Å². The maximum Gasteiger partial charge on any atom is 0.264 e. The number of hydrogen-bond acceptors (Lipinski definition) is 4. The fourth-order valence-electron chi connectivity index (χ4n) is 2.46. The van der Waals surface area contributed by atoms with E-state index in [1.54, 1.807) is 0 Å². The van der Waals surface area contributed by atoms with Crippen molar-refractivity contribution in [3.8, 4) is 11.5 Å². The van der Waals surface area contributed by atoms with Gasteiger partial charge in [0, 0.05) is 11.4 Å². The molecule has 0 bridgehead atoms. The lowest BCUT2D eigenvalue weighted by Gasteiger charge is -2.30. The molecule has 4 nitrogen and oxygen atoms in total. The molecule has 1 aromatic carbocycles. The van der Waals surface area contributed by atoms with Gasteiger partial charge in [0.2, 0.25) is 0 Å². The molecule has 0 saturated heterocycles. The van der Waals surface area contributed by atoms with Crippen molar-refractivity contribution < 1.29 is 14.3 Å². The summed E-state index contributed by atoms with van der Waals surface area (Å²) in [6.07, 6.45) is -0.139. The van der Waals surface area contributed by atoms with E-state index in [1.165, 1.54) is 11.3 Å². The van der Waals surface area contributed by atoms with E-state index in [0.29, 0.717) is 19.7 Å². The third-order valence-electron chi connectivity index (χ3n) is 3.61. The predicted octanol–water partition coefficient (Wildman–Crippen LogP) is 3.36. The number of nitrogens with zero attached hydrogens (tertiary/aromatic N) is 1. The largest absolute Gasteiger partial charge is 0.486 e. The second kappa shape index (κ2) is 6.40. The van der Waals surface area contributed by atoms with E-state index in [2.05, 4.69) is 0 Å². The topological polar surface area (TPSA) is 38.8 Å². The van der Waals surface area contributed by atoms with Crippen molar-refractivity contribution in [2.24, 2.45) is 0 Å². The third kappa shape index (κ3) is 3.09. The molecular formula is C17H19NO3S. The molecule has 116 valence electrons. The van der Waals surface area contributed by atoms with Crippen LogP contribution in [-0.2, 0) is 0 Å². The number of benzene rings is 1. The molecule has 0 saturated carbocycles. The van der Waals surface area contributed by atoms with E-state index in [1.807, 2.05) is 55.1 Å². The fourth-order valence-corrected chi connectivity index (χ4v) is 3.30. The van der Waals surface area contributed by atoms with Gasteiger partial charge in [0.05, 0.1) is 11.4 Å². The van der Waals surface area contributed by atoms with Gasteiger partial charge in [0.1, 0.15) is 6.61 Å². The van der Waals surface area contributed by atoms with E-state index in [4.69, 9.17) is 9.47 Å². The van der Waals surface area contributed by atoms with Crippen LogP contribution in [0.3, 0.4) is 0 Å². The number of aryl methyl sites for hydroxylation is 1. The van der Waals surface area contributed by atoms with Crippen molar-refractivity contribution in [2.45, 2.75) is 20.0 Å². The Morgan fingerprint density at radius 3 is 2.73 bits per heavy atom. The first-order valence-corrected chi connectivity index (χ1v) is 8.23. The molecule has 0 N–H and O–H groups in total. The summed E-state index contributed by atoms with van der Waals surface area (Å²) in [5.41, 5.74) is 0. The normalized spacial score (nSPS) is 16.4. The van der Waals surface area contributed by atoms with Gasteiger partial charge in [-0.05, 0) is 38.1 Å². The molecule has 2 aromatic rings. The number of carbonyl (C=O) groups excluding carboxylic acids is 1. The van der Waals surface area contributed by atoms with E-state index < -0.39 is 0 Å². The number of amides is 1. The number of thiophene rings is 1. The standard InChI is InChI=1S/C17H19NO3S/c1-3-18(17(19)16-9-8-12(2)22-16)10-13-11-20-14-6-4-5-7-15(14)21-13/h4-9,13H,3,10-11H2,1-2H3. The predicted molar refractivity (Wildman–Crippen MR) is 87.0 cm³/mol. The van der Waals surface area contributed by atoms with Gasteiger partial charge in [0.15, 0.2) is 17.6 Å². The van der Waals surface area contributed by atoms with Crippen molar-refractivity contribution in [1.29, 1.82) is 0 Å². The van der Waals surface area contributed by atoms with Crippen LogP contribution in [0.25, 0.3) is 0 Å². The molecule has 5 heteroatoms. The zero-order valence-corrected chi connectivity index (χ0v) is 13.6. The Morgan fingerprint density at radius 1 is 1.27 bits per heavy atom. The van der Waals surface area contributed by atoms with Gasteiger partial charge >= 0.3 is 0 Å². The first kappa shape index (κ1) is 14.9. The van der Waals surface area contributed by atoms with Gasteiger partial charge in [-0.1, -0.05) is 12.1 Å². The van der Waals surface area contributed by atoms with E-state index in [-0.39, 0.29) is 12.0 Å². The summed E-state index contributed by atoms with van der Waals surface area (Å²) in [5.74, 6) is 1.57. The molecule has 0 radical (unpaired) electrons. The lowest BCUT2D eigenvalue weighted by atomic mass is 10.2. The summed E-state index contributed by atoms with van der Waals surface area (Å²) >= 11 is 1.53. The molecule has 3 rings (SSSR count). The van der Waals surface area contributed by atoms with Gasteiger partial charge in [0.25, 0.3) is 5.91 Å². The third-order valence-corrected chi connectivity index (χ3v) is 4.60. The quantitative estimate of drug-likeness (QED) is 0.868. The second-order valence-electron chi connectivity index (χ2n) is 5.25. The monoisotopic (exact) mass is 317 g/mol. The Bertz CT molecular complexity index is 667. The molecule has 0 fully saturated rings. The average Bonchev–Trinajstić information content (AvgIpc) is 2.98. The molecule has 1 unspecified atom stereocenters. The molecule has 1 amide bonds. The molecule has 0 aliphatic carbocycles. The fraction of sp³-hybridized carbons (Fsp3) is 0.353. The van der Waals surface area contributed by atoms with Crippen LogP contribution in [0, 0.1) is 6.92 Å². The molecule has 22 heavy (non-hydrogen) atoms. The van der Waals surface area contributed by atoms with Crippen LogP contribution < -0.4 is 9.47 Å². The minimum absolute atomic E-state index is 0.0584. The minimum Gasteiger partial charge on any atom is -0.486 e. The van der Waals surface area contributed by atoms with E-state index in [0.717, 1.165) is 21.3 Å². The number of fused-ring (bicyclic) bond motifs is 1. The highest BCUT2D eigenvalue weighted by molar-refractivity contribution is 7.13. The van der Waals surface area contributed by atoms with E-state index >= 15 is 0 Å². The highest BCUT2D eigenvalue weighted by Gasteiger charge is 2.25. The van der Waals surface area contributed by atoms with Crippen molar-refractivity contribution in [3.63, 3.8) is 0 Å². The molecule has 1 aliphatic heterocycles. The lowest BCUT2D eigenvalue weighted by molar-refractivity contribution is 0.0478. The van der Waals surface area contributed by atoms with Gasteiger partial charge in [-0.25, -0.2) is 0 Å². The van der Waals surface area contributed by atoms with Crippen LogP contribution in [0.4, 0.5) is 0 Å². The Morgan fingerprint density at radius 2 is 2.05 bits per heavy atom. The summed E-state index contributed by atoms with van der Waals surface area (Å²) in [4.78, 5) is 16.3. The maximum atomic E-state index is 12.5.